The molecule has 0 saturated carbocycles. The zero-order valence-electron chi connectivity index (χ0n) is 13.8. The van der Waals surface area contributed by atoms with E-state index in [0.717, 1.165) is 0 Å². The summed E-state index contributed by atoms with van der Waals surface area (Å²) in [5, 5.41) is 13.2. The van der Waals surface area contributed by atoms with E-state index in [2.05, 4.69) is 10.3 Å². The van der Waals surface area contributed by atoms with Gasteiger partial charge in [-0.05, 0) is 24.3 Å². The molecule has 0 unspecified atom stereocenters. The second-order valence-electron chi connectivity index (χ2n) is 5.22. The first-order valence-corrected chi connectivity index (χ1v) is 8.02. The van der Waals surface area contributed by atoms with Crippen molar-refractivity contribution < 1.29 is 19.4 Å². The second-order valence-corrected chi connectivity index (χ2v) is 5.63. The molecular formula is C19H15ClN2O4. The first-order valence-electron chi connectivity index (χ1n) is 7.64. The highest BCUT2D eigenvalue weighted by Crippen LogP contribution is 2.31. The zero-order chi connectivity index (χ0) is 18.5. The number of benzene rings is 2. The highest BCUT2D eigenvalue weighted by Gasteiger charge is 2.17. The normalized spacial score (nSPS) is 10.2. The Bertz CT molecular complexity index is 946. The quantitative estimate of drug-likeness (QED) is 0.691. The van der Waals surface area contributed by atoms with Crippen LogP contribution in [0.1, 0.15) is 10.5 Å². The van der Waals surface area contributed by atoms with Gasteiger partial charge in [-0.15, -0.1) is 0 Å². The summed E-state index contributed by atoms with van der Waals surface area (Å²) in [5.41, 5.74) is 0.338. The average Bonchev–Trinajstić information content (AvgIpc) is 2.64. The molecule has 26 heavy (non-hydrogen) atoms. The number of para-hydroxylation sites is 1. The van der Waals surface area contributed by atoms with Crippen LogP contribution >= 0.6 is 11.6 Å². The molecule has 0 bridgehead atoms. The van der Waals surface area contributed by atoms with E-state index in [9.17, 15) is 9.90 Å². The van der Waals surface area contributed by atoms with Crippen molar-refractivity contribution in [3.63, 3.8) is 0 Å². The minimum absolute atomic E-state index is 0.137. The molecule has 7 heteroatoms. The number of halogens is 1. The number of carbonyl (C=O) groups is 1. The van der Waals surface area contributed by atoms with Gasteiger partial charge in [0.2, 0.25) is 0 Å². The predicted octanol–water partition coefficient (Wildman–Crippen LogP) is 4.49. The van der Waals surface area contributed by atoms with Crippen molar-refractivity contribution >= 4 is 23.2 Å². The van der Waals surface area contributed by atoms with Gasteiger partial charge in [-0.2, -0.15) is 0 Å². The van der Waals surface area contributed by atoms with Crippen molar-refractivity contribution in [3.8, 4) is 23.0 Å². The fourth-order valence-corrected chi connectivity index (χ4v) is 2.42. The van der Waals surface area contributed by atoms with Crippen LogP contribution in [-0.4, -0.2) is 23.1 Å². The fraction of sp³-hybridized carbons (Fsp3) is 0.0526. The lowest BCUT2D eigenvalue weighted by Gasteiger charge is -2.11. The van der Waals surface area contributed by atoms with Crippen LogP contribution in [0.5, 0.6) is 23.0 Å². The molecule has 132 valence electrons. The number of amides is 1. The number of carbonyl (C=O) groups excluding carboxylic acids is 1. The number of hydrogen-bond donors (Lipinski definition) is 2. The number of pyridine rings is 1. The third kappa shape index (κ3) is 3.87. The van der Waals surface area contributed by atoms with E-state index >= 15 is 0 Å². The molecular weight excluding hydrogens is 356 g/mol. The van der Waals surface area contributed by atoms with Gasteiger partial charge in [0.1, 0.15) is 11.5 Å². The molecule has 0 radical (unpaired) electrons. The molecule has 0 aliphatic heterocycles. The van der Waals surface area contributed by atoms with E-state index in [0.29, 0.717) is 22.2 Å². The Labute approximate surface area is 155 Å². The number of ether oxygens (including phenoxy) is 2. The van der Waals surface area contributed by atoms with Crippen LogP contribution in [0.2, 0.25) is 5.02 Å². The Morgan fingerprint density at radius 1 is 1.12 bits per heavy atom. The van der Waals surface area contributed by atoms with Crippen LogP contribution < -0.4 is 14.8 Å². The van der Waals surface area contributed by atoms with Crippen molar-refractivity contribution in [3.05, 3.63) is 71.5 Å². The Kier molecular flexibility index (Phi) is 5.24. The Morgan fingerprint density at radius 2 is 1.92 bits per heavy atom. The monoisotopic (exact) mass is 370 g/mol. The van der Waals surface area contributed by atoms with E-state index in [1.54, 1.807) is 42.5 Å². The van der Waals surface area contributed by atoms with Crippen molar-refractivity contribution in [2.24, 2.45) is 0 Å². The third-order valence-corrected chi connectivity index (χ3v) is 3.79. The topological polar surface area (TPSA) is 80.7 Å². The van der Waals surface area contributed by atoms with Crippen molar-refractivity contribution in [1.29, 1.82) is 0 Å². The smallest absolute Gasteiger partial charge is 0.278 e. The van der Waals surface area contributed by atoms with Gasteiger partial charge in [0.15, 0.2) is 17.2 Å². The van der Waals surface area contributed by atoms with Crippen molar-refractivity contribution in [2.75, 3.05) is 12.4 Å². The lowest BCUT2D eigenvalue weighted by Crippen LogP contribution is -2.14. The van der Waals surface area contributed by atoms with Crippen molar-refractivity contribution in [2.45, 2.75) is 0 Å². The van der Waals surface area contributed by atoms with Gasteiger partial charge >= 0.3 is 0 Å². The predicted molar refractivity (Wildman–Crippen MR) is 98.4 cm³/mol. The number of aromatic nitrogens is 1. The molecule has 2 N–H and O–H groups in total. The fourth-order valence-electron chi connectivity index (χ4n) is 2.25. The molecule has 6 nitrogen and oxygen atoms in total. The van der Waals surface area contributed by atoms with E-state index in [1.165, 1.54) is 19.4 Å². The molecule has 0 aliphatic carbocycles. The largest absolute Gasteiger partial charge is 0.503 e. The highest BCUT2D eigenvalue weighted by atomic mass is 35.5. The summed E-state index contributed by atoms with van der Waals surface area (Å²) in [6, 6.07) is 15.3. The minimum Gasteiger partial charge on any atom is -0.503 e. The second kappa shape index (κ2) is 7.76. The standard InChI is InChI=1S/C19H15ClN2O4/c1-25-16-9-10-21-17(18(16)23)19(24)22-12-5-4-6-13(11-12)26-15-8-3-2-7-14(15)20/h2-11,23H,1H3,(H,22,24). The van der Waals surface area contributed by atoms with Crippen LogP contribution in [0.15, 0.2) is 60.8 Å². The Morgan fingerprint density at radius 3 is 2.69 bits per heavy atom. The van der Waals surface area contributed by atoms with Crippen LogP contribution in [0.3, 0.4) is 0 Å². The summed E-state index contributed by atoms with van der Waals surface area (Å²) in [4.78, 5) is 16.3. The van der Waals surface area contributed by atoms with Gasteiger partial charge in [0.05, 0.1) is 12.1 Å². The lowest BCUT2D eigenvalue weighted by atomic mass is 10.2. The maximum Gasteiger partial charge on any atom is 0.278 e. The maximum atomic E-state index is 12.4. The molecule has 1 amide bonds. The van der Waals surface area contributed by atoms with Crippen LogP contribution in [-0.2, 0) is 0 Å². The zero-order valence-corrected chi connectivity index (χ0v) is 14.5. The molecule has 3 aromatic rings. The summed E-state index contributed by atoms with van der Waals surface area (Å²) in [6.45, 7) is 0. The van der Waals surface area contributed by atoms with E-state index in [4.69, 9.17) is 21.1 Å². The van der Waals surface area contributed by atoms with E-state index < -0.39 is 5.91 Å². The third-order valence-electron chi connectivity index (χ3n) is 3.48. The molecule has 1 aromatic heterocycles. The molecule has 0 aliphatic rings. The van der Waals surface area contributed by atoms with Crippen molar-refractivity contribution in [1.82, 2.24) is 4.98 Å². The van der Waals surface area contributed by atoms with Crippen LogP contribution in [0.4, 0.5) is 5.69 Å². The number of methoxy groups -OCH3 is 1. The summed E-state index contributed by atoms with van der Waals surface area (Å²) < 4.78 is 10.7. The van der Waals surface area contributed by atoms with Crippen LogP contribution in [0.25, 0.3) is 0 Å². The number of aromatic hydroxyl groups is 1. The van der Waals surface area contributed by atoms with Gasteiger partial charge in [0.25, 0.3) is 5.91 Å². The van der Waals surface area contributed by atoms with E-state index in [1.807, 2.05) is 6.07 Å². The number of hydrogen-bond acceptors (Lipinski definition) is 5. The molecule has 0 saturated heterocycles. The van der Waals surface area contributed by atoms with Gasteiger partial charge in [-0.25, -0.2) is 4.98 Å². The lowest BCUT2D eigenvalue weighted by molar-refractivity contribution is 0.101. The molecule has 0 atom stereocenters. The van der Waals surface area contributed by atoms with Gasteiger partial charge in [-0.3, -0.25) is 4.79 Å². The highest BCUT2D eigenvalue weighted by molar-refractivity contribution is 6.32. The summed E-state index contributed by atoms with van der Waals surface area (Å²) in [6.07, 6.45) is 1.38. The summed E-state index contributed by atoms with van der Waals surface area (Å²) in [5.74, 6) is 0.275. The Balaban J connectivity index is 1.79. The molecule has 0 spiro atoms. The molecule has 0 fully saturated rings. The van der Waals surface area contributed by atoms with Crippen LogP contribution in [0, 0.1) is 0 Å². The number of rotatable bonds is 5. The van der Waals surface area contributed by atoms with E-state index in [-0.39, 0.29) is 17.2 Å². The summed E-state index contributed by atoms with van der Waals surface area (Å²) >= 11 is 6.08. The number of nitrogens with one attached hydrogen (secondary N) is 1. The maximum absolute atomic E-state index is 12.4. The molecule has 2 aromatic carbocycles. The average molecular weight is 371 g/mol. The molecule has 3 rings (SSSR count). The summed E-state index contributed by atoms with van der Waals surface area (Å²) in [7, 11) is 1.40. The number of nitrogens with zero attached hydrogens (tertiary/aromatic N) is 1. The Hall–Kier alpha value is -3.25. The molecule has 1 heterocycles. The number of anilines is 1. The van der Waals surface area contributed by atoms with Gasteiger partial charge in [0, 0.05) is 24.0 Å². The SMILES string of the molecule is COc1ccnc(C(=O)Nc2cccc(Oc3ccccc3Cl)c2)c1O. The minimum atomic E-state index is -0.573. The first kappa shape index (κ1) is 17.6. The first-order chi connectivity index (χ1) is 12.6. The van der Waals surface area contributed by atoms with Gasteiger partial charge in [-0.1, -0.05) is 29.8 Å². The van der Waals surface area contributed by atoms with Gasteiger partial charge < -0.3 is 19.9 Å².